The molecule has 28 heavy (non-hydrogen) atoms. The Kier molecular flexibility index (Phi) is 5.69. The van der Waals surface area contributed by atoms with Gasteiger partial charge in [0, 0.05) is 19.8 Å². The zero-order valence-electron chi connectivity index (χ0n) is 15.3. The van der Waals surface area contributed by atoms with Gasteiger partial charge in [-0.15, -0.1) is 0 Å². The molecule has 1 aromatic carbocycles. The van der Waals surface area contributed by atoms with Gasteiger partial charge in [-0.05, 0) is 25.5 Å². The van der Waals surface area contributed by atoms with Gasteiger partial charge < -0.3 is 10.1 Å². The summed E-state index contributed by atoms with van der Waals surface area (Å²) in [4.78, 5) is 63.9. The predicted molar refractivity (Wildman–Crippen MR) is 97.4 cm³/mol. The van der Waals surface area contributed by atoms with E-state index in [0.29, 0.717) is 35.9 Å². The number of ether oxygens (including phenoxy) is 1. The lowest BCUT2D eigenvalue weighted by Gasteiger charge is -2.30. The van der Waals surface area contributed by atoms with Gasteiger partial charge in [-0.2, -0.15) is 0 Å². The fourth-order valence-corrected chi connectivity index (χ4v) is 3.03. The number of benzene rings is 1. The highest BCUT2D eigenvalue weighted by molar-refractivity contribution is 6.45. The Labute approximate surface area is 161 Å². The van der Waals surface area contributed by atoms with Crippen LogP contribution >= 0.6 is 0 Å². The molecule has 148 valence electrons. The molecule has 1 fully saturated rings. The number of hydrogen-bond acceptors (Lipinski definition) is 6. The van der Waals surface area contributed by atoms with E-state index in [0.717, 1.165) is 4.90 Å². The molecule has 0 saturated carbocycles. The van der Waals surface area contributed by atoms with Crippen molar-refractivity contribution >= 4 is 41.0 Å². The van der Waals surface area contributed by atoms with Crippen molar-refractivity contribution in [1.29, 1.82) is 0 Å². The molecule has 0 atom stereocenters. The van der Waals surface area contributed by atoms with Crippen LogP contribution in [0.3, 0.4) is 0 Å². The van der Waals surface area contributed by atoms with Gasteiger partial charge in [0.15, 0.2) is 0 Å². The van der Waals surface area contributed by atoms with E-state index < -0.39 is 30.3 Å². The highest BCUT2D eigenvalue weighted by Gasteiger charge is 2.45. The molecule has 6 amide bonds. The number of hydrogen-bond donors (Lipinski definition) is 1. The van der Waals surface area contributed by atoms with Crippen LogP contribution in [0.1, 0.15) is 13.3 Å². The van der Waals surface area contributed by atoms with E-state index in [1.165, 1.54) is 4.90 Å². The van der Waals surface area contributed by atoms with E-state index in [1.54, 1.807) is 24.3 Å². The van der Waals surface area contributed by atoms with Gasteiger partial charge in [-0.1, -0.05) is 12.1 Å². The number of fused-ring (bicyclic) bond motifs is 1. The van der Waals surface area contributed by atoms with Crippen LogP contribution in [0.4, 0.5) is 16.2 Å². The van der Waals surface area contributed by atoms with Crippen LogP contribution in [0.5, 0.6) is 0 Å². The van der Waals surface area contributed by atoms with Crippen molar-refractivity contribution in [1.82, 2.24) is 9.80 Å². The Hall–Kier alpha value is -3.27. The second kappa shape index (κ2) is 8.17. The number of para-hydroxylation sites is 2. The first-order valence-electron chi connectivity index (χ1n) is 8.88. The van der Waals surface area contributed by atoms with Crippen LogP contribution in [0, 0.1) is 0 Å². The quantitative estimate of drug-likeness (QED) is 0.405. The van der Waals surface area contributed by atoms with E-state index in [4.69, 9.17) is 4.74 Å². The van der Waals surface area contributed by atoms with Crippen LogP contribution in [-0.4, -0.2) is 72.3 Å². The summed E-state index contributed by atoms with van der Waals surface area (Å²) in [6.45, 7) is 1.85. The number of rotatable bonds is 7. The molecule has 1 saturated heterocycles. The topological polar surface area (TPSA) is 116 Å². The van der Waals surface area contributed by atoms with Crippen molar-refractivity contribution in [3.05, 3.63) is 24.3 Å². The van der Waals surface area contributed by atoms with E-state index in [2.05, 4.69) is 5.32 Å². The standard InChI is InChI=1S/C18H20N4O6/c1-2-28-9-5-8-20-16(25)17(26)22(18(20)27)11-15(24)21-10-14(23)19-12-6-3-4-7-13(12)21/h3-4,6-7H,2,5,8-11H2,1H3,(H,19,23). The average molecular weight is 388 g/mol. The molecule has 0 spiro atoms. The monoisotopic (exact) mass is 388 g/mol. The number of nitrogens with one attached hydrogen (secondary N) is 1. The van der Waals surface area contributed by atoms with Crippen molar-refractivity contribution < 1.29 is 28.7 Å². The number of anilines is 2. The highest BCUT2D eigenvalue weighted by atomic mass is 16.5. The Morgan fingerprint density at radius 2 is 1.82 bits per heavy atom. The maximum Gasteiger partial charge on any atom is 0.334 e. The summed E-state index contributed by atoms with van der Waals surface area (Å²) in [6.07, 6.45) is 0.389. The number of urea groups is 1. The van der Waals surface area contributed by atoms with Crippen LogP contribution < -0.4 is 10.2 Å². The second-order valence-electron chi connectivity index (χ2n) is 6.23. The summed E-state index contributed by atoms with van der Waals surface area (Å²) in [5.74, 6) is -3.04. The molecular formula is C18H20N4O6. The molecule has 1 N–H and O–H groups in total. The molecule has 2 heterocycles. The van der Waals surface area contributed by atoms with E-state index in [1.807, 2.05) is 6.92 Å². The lowest BCUT2D eigenvalue weighted by atomic mass is 10.2. The Balaban J connectivity index is 1.70. The van der Waals surface area contributed by atoms with E-state index in [-0.39, 0.29) is 19.0 Å². The zero-order valence-corrected chi connectivity index (χ0v) is 15.3. The Bertz CT molecular complexity index is 839. The van der Waals surface area contributed by atoms with Crippen LogP contribution in [0.15, 0.2) is 24.3 Å². The van der Waals surface area contributed by atoms with Crippen molar-refractivity contribution in [2.45, 2.75) is 13.3 Å². The van der Waals surface area contributed by atoms with Crippen molar-refractivity contribution in [2.75, 3.05) is 43.1 Å². The predicted octanol–water partition coefficient (Wildman–Crippen LogP) is 0.189. The third kappa shape index (κ3) is 3.72. The molecule has 3 rings (SSSR count). The first-order valence-corrected chi connectivity index (χ1v) is 8.88. The zero-order chi connectivity index (χ0) is 20.3. The molecule has 0 bridgehead atoms. The fourth-order valence-electron chi connectivity index (χ4n) is 3.03. The lowest BCUT2D eigenvalue weighted by molar-refractivity contribution is -0.143. The first kappa shape index (κ1) is 19.5. The maximum atomic E-state index is 12.7. The first-order chi connectivity index (χ1) is 13.4. The number of carbonyl (C=O) groups is 5. The second-order valence-corrected chi connectivity index (χ2v) is 6.23. The Morgan fingerprint density at radius 1 is 1.11 bits per heavy atom. The summed E-state index contributed by atoms with van der Waals surface area (Å²) in [6, 6.07) is 5.86. The van der Waals surface area contributed by atoms with Gasteiger partial charge in [0.1, 0.15) is 13.1 Å². The molecule has 10 nitrogen and oxygen atoms in total. The lowest BCUT2D eigenvalue weighted by Crippen LogP contribution is -2.48. The minimum atomic E-state index is -1.05. The van der Waals surface area contributed by atoms with Crippen LogP contribution in [0.2, 0.25) is 0 Å². The number of imide groups is 2. The molecule has 0 unspecified atom stereocenters. The SMILES string of the molecule is CCOCCCN1C(=O)C(=O)N(CC(=O)N2CC(=O)Nc3ccccc32)C1=O. The largest absolute Gasteiger partial charge is 0.382 e. The third-order valence-corrected chi connectivity index (χ3v) is 4.37. The summed E-state index contributed by atoms with van der Waals surface area (Å²) in [5.41, 5.74) is 0.922. The van der Waals surface area contributed by atoms with Gasteiger partial charge in [0.05, 0.1) is 11.4 Å². The summed E-state index contributed by atoms with van der Waals surface area (Å²) < 4.78 is 5.16. The van der Waals surface area contributed by atoms with E-state index in [9.17, 15) is 24.0 Å². The number of nitrogens with zero attached hydrogens (tertiary/aromatic N) is 3. The van der Waals surface area contributed by atoms with Crippen molar-refractivity contribution in [2.24, 2.45) is 0 Å². The minimum absolute atomic E-state index is 0.0308. The molecule has 0 radical (unpaired) electrons. The van der Waals surface area contributed by atoms with Gasteiger partial charge in [0.2, 0.25) is 11.8 Å². The van der Waals surface area contributed by atoms with Gasteiger partial charge in [0.25, 0.3) is 0 Å². The summed E-state index contributed by atoms with van der Waals surface area (Å²) >= 11 is 0. The smallest absolute Gasteiger partial charge is 0.334 e. The molecule has 0 aromatic heterocycles. The summed E-state index contributed by atoms with van der Waals surface area (Å²) in [5, 5.41) is 2.65. The van der Waals surface area contributed by atoms with E-state index >= 15 is 0 Å². The minimum Gasteiger partial charge on any atom is -0.382 e. The highest BCUT2D eigenvalue weighted by Crippen LogP contribution is 2.29. The molecule has 0 aliphatic carbocycles. The molecule has 2 aliphatic heterocycles. The Morgan fingerprint density at radius 3 is 2.57 bits per heavy atom. The van der Waals surface area contributed by atoms with Gasteiger partial charge in [-0.3, -0.25) is 29.0 Å². The van der Waals surface area contributed by atoms with Crippen molar-refractivity contribution in [3.8, 4) is 0 Å². The fraction of sp³-hybridized carbons (Fsp3) is 0.389. The molecule has 1 aromatic rings. The maximum absolute atomic E-state index is 12.7. The molecular weight excluding hydrogens is 368 g/mol. The summed E-state index contributed by atoms with van der Waals surface area (Å²) in [7, 11) is 0. The van der Waals surface area contributed by atoms with Gasteiger partial charge in [-0.25, -0.2) is 9.69 Å². The molecule has 10 heteroatoms. The normalized spacial score (nSPS) is 16.5. The van der Waals surface area contributed by atoms with Gasteiger partial charge >= 0.3 is 17.8 Å². The van der Waals surface area contributed by atoms with Crippen LogP contribution in [-0.2, 0) is 23.9 Å². The number of carbonyl (C=O) groups excluding carboxylic acids is 5. The van der Waals surface area contributed by atoms with Crippen molar-refractivity contribution in [3.63, 3.8) is 0 Å². The average Bonchev–Trinajstić information content (AvgIpc) is 2.88. The third-order valence-electron chi connectivity index (χ3n) is 4.37. The van der Waals surface area contributed by atoms with Crippen LogP contribution in [0.25, 0.3) is 0 Å². The molecule has 2 aliphatic rings. The number of amides is 6.